The molecule has 3 aromatic carbocycles. The van der Waals surface area contributed by atoms with Crippen molar-refractivity contribution in [3.05, 3.63) is 95.1 Å². The molecule has 0 fully saturated rings. The Morgan fingerprint density at radius 1 is 0.833 bits per heavy atom. The zero-order chi connectivity index (χ0) is 21.1. The highest BCUT2D eigenvalue weighted by atomic mass is 16.4. The number of carboxylic acid groups (broad SMARTS) is 1. The number of carboxylic acids is 1. The van der Waals surface area contributed by atoms with Gasteiger partial charge in [0.15, 0.2) is 5.78 Å². The van der Waals surface area contributed by atoms with Gasteiger partial charge >= 0.3 is 5.97 Å². The average Bonchev–Trinajstić information content (AvgIpc) is 3.05. The van der Waals surface area contributed by atoms with Gasteiger partial charge in [-0.25, -0.2) is 0 Å². The predicted molar refractivity (Wildman–Crippen MR) is 114 cm³/mol. The fraction of sp³-hybridized carbons (Fsp3) is 0.160. The molecule has 5 heteroatoms. The maximum Gasteiger partial charge on any atom is 0.303 e. The maximum atomic E-state index is 13.2. The summed E-state index contributed by atoms with van der Waals surface area (Å²) in [7, 11) is 0. The summed E-state index contributed by atoms with van der Waals surface area (Å²) in [6, 6.07) is 21.7. The average molecular weight is 399 g/mol. The van der Waals surface area contributed by atoms with Gasteiger partial charge in [0, 0.05) is 34.7 Å². The number of hydrogen-bond acceptors (Lipinski definition) is 3. The molecule has 0 aliphatic heterocycles. The van der Waals surface area contributed by atoms with Crippen molar-refractivity contribution in [1.82, 2.24) is 5.32 Å². The first-order valence-corrected chi connectivity index (χ1v) is 9.88. The van der Waals surface area contributed by atoms with E-state index >= 15 is 0 Å². The Balaban J connectivity index is 1.63. The van der Waals surface area contributed by atoms with E-state index in [1.807, 2.05) is 48.5 Å². The minimum Gasteiger partial charge on any atom is -0.481 e. The first kappa shape index (κ1) is 19.6. The molecular weight excluding hydrogens is 378 g/mol. The molecular formula is C25H21NO4. The van der Waals surface area contributed by atoms with E-state index in [0.717, 1.165) is 11.1 Å². The summed E-state index contributed by atoms with van der Waals surface area (Å²) in [5.74, 6) is -1.29. The lowest BCUT2D eigenvalue weighted by atomic mass is 9.97. The van der Waals surface area contributed by atoms with Gasteiger partial charge in [-0.1, -0.05) is 66.7 Å². The van der Waals surface area contributed by atoms with Crippen LogP contribution in [-0.4, -0.2) is 28.8 Å². The van der Waals surface area contributed by atoms with Crippen LogP contribution in [0.2, 0.25) is 0 Å². The van der Waals surface area contributed by atoms with E-state index in [9.17, 15) is 14.4 Å². The van der Waals surface area contributed by atoms with E-state index in [1.165, 1.54) is 0 Å². The molecule has 150 valence electrons. The quantitative estimate of drug-likeness (QED) is 0.490. The molecule has 1 amide bonds. The molecule has 1 atom stereocenters. The van der Waals surface area contributed by atoms with Gasteiger partial charge in [0.05, 0.1) is 0 Å². The molecule has 2 N–H and O–H groups in total. The number of fused-ring (bicyclic) bond motifs is 3. The molecule has 1 aliphatic carbocycles. The summed E-state index contributed by atoms with van der Waals surface area (Å²) in [6.45, 7) is 0. The molecule has 0 saturated carbocycles. The van der Waals surface area contributed by atoms with Crippen molar-refractivity contribution in [2.45, 2.75) is 25.3 Å². The summed E-state index contributed by atoms with van der Waals surface area (Å²) >= 11 is 0. The van der Waals surface area contributed by atoms with Gasteiger partial charge in [-0.3, -0.25) is 14.4 Å². The Morgan fingerprint density at radius 2 is 1.50 bits per heavy atom. The van der Waals surface area contributed by atoms with E-state index in [4.69, 9.17) is 5.11 Å². The summed E-state index contributed by atoms with van der Waals surface area (Å²) in [5.41, 5.74) is 3.97. The molecule has 1 unspecified atom stereocenters. The standard InChI is InChI=1S/C25H21NO4/c27-22(28)14-13-17(15-16-7-2-1-3-8-16)26-25(30)21-12-6-11-20-23(21)18-9-4-5-10-19(18)24(20)29/h1-12,17H,13-15H2,(H,26,30)(H,27,28). The number of carbonyl (C=O) groups is 3. The molecule has 3 aromatic rings. The second-order valence-electron chi connectivity index (χ2n) is 7.40. The van der Waals surface area contributed by atoms with E-state index in [0.29, 0.717) is 35.1 Å². The predicted octanol–water partition coefficient (Wildman–Crippen LogP) is 4.10. The van der Waals surface area contributed by atoms with E-state index in [1.54, 1.807) is 24.3 Å². The van der Waals surface area contributed by atoms with Gasteiger partial charge in [-0.15, -0.1) is 0 Å². The first-order chi connectivity index (χ1) is 14.5. The summed E-state index contributed by atoms with van der Waals surface area (Å²) < 4.78 is 0. The van der Waals surface area contributed by atoms with E-state index < -0.39 is 5.97 Å². The largest absolute Gasteiger partial charge is 0.481 e. The third kappa shape index (κ3) is 3.87. The fourth-order valence-corrected chi connectivity index (χ4v) is 3.95. The molecule has 0 radical (unpaired) electrons. The van der Waals surface area contributed by atoms with Crippen LogP contribution in [0, 0.1) is 0 Å². The lowest BCUT2D eigenvalue weighted by Gasteiger charge is -2.19. The van der Waals surface area contributed by atoms with Gasteiger partial charge in [0.25, 0.3) is 5.91 Å². The monoisotopic (exact) mass is 399 g/mol. The van der Waals surface area contributed by atoms with Crippen LogP contribution in [0.1, 0.15) is 44.7 Å². The van der Waals surface area contributed by atoms with Gasteiger partial charge < -0.3 is 10.4 Å². The Labute approximate surface area is 174 Å². The highest BCUT2D eigenvalue weighted by molar-refractivity contribution is 6.24. The van der Waals surface area contributed by atoms with Gasteiger partial charge in [-0.2, -0.15) is 0 Å². The number of aliphatic carboxylic acids is 1. The molecule has 0 aromatic heterocycles. The molecule has 0 heterocycles. The second kappa shape index (κ2) is 8.33. The first-order valence-electron chi connectivity index (χ1n) is 9.88. The Kier molecular flexibility index (Phi) is 5.44. The molecule has 0 saturated heterocycles. The smallest absolute Gasteiger partial charge is 0.303 e. The lowest BCUT2D eigenvalue weighted by Crippen LogP contribution is -2.37. The normalized spacial score (nSPS) is 12.7. The van der Waals surface area contributed by atoms with Crippen LogP contribution in [0.3, 0.4) is 0 Å². The van der Waals surface area contributed by atoms with Crippen molar-refractivity contribution < 1.29 is 19.5 Å². The fourth-order valence-electron chi connectivity index (χ4n) is 3.95. The second-order valence-corrected chi connectivity index (χ2v) is 7.40. The third-order valence-corrected chi connectivity index (χ3v) is 5.36. The number of rotatable bonds is 7. The number of benzene rings is 3. The number of hydrogen-bond donors (Lipinski definition) is 2. The van der Waals surface area contributed by atoms with Crippen molar-refractivity contribution in [2.75, 3.05) is 0 Å². The Bertz CT molecular complexity index is 1120. The van der Waals surface area contributed by atoms with Crippen LogP contribution in [0.25, 0.3) is 11.1 Å². The number of carbonyl (C=O) groups excluding carboxylic acids is 2. The van der Waals surface area contributed by atoms with Gasteiger partial charge in [0.1, 0.15) is 0 Å². The molecule has 30 heavy (non-hydrogen) atoms. The minimum atomic E-state index is -0.901. The number of nitrogens with one attached hydrogen (secondary N) is 1. The molecule has 5 nitrogen and oxygen atoms in total. The van der Waals surface area contributed by atoms with Crippen LogP contribution < -0.4 is 5.32 Å². The van der Waals surface area contributed by atoms with Crippen LogP contribution in [0.5, 0.6) is 0 Å². The molecule has 1 aliphatic rings. The number of ketones is 1. The summed E-state index contributed by atoms with van der Waals surface area (Å²) in [5, 5.41) is 12.1. The molecule has 4 rings (SSSR count). The SMILES string of the molecule is O=C(O)CCC(Cc1ccccc1)NC(=O)c1cccc2c1-c1ccccc1C2=O. The highest BCUT2D eigenvalue weighted by Gasteiger charge is 2.30. The van der Waals surface area contributed by atoms with Crippen LogP contribution in [0.4, 0.5) is 0 Å². The zero-order valence-corrected chi connectivity index (χ0v) is 16.3. The van der Waals surface area contributed by atoms with Gasteiger partial charge in [0.2, 0.25) is 0 Å². The molecule has 0 bridgehead atoms. The van der Waals surface area contributed by atoms with Crippen molar-refractivity contribution in [3.63, 3.8) is 0 Å². The zero-order valence-electron chi connectivity index (χ0n) is 16.3. The third-order valence-electron chi connectivity index (χ3n) is 5.36. The highest BCUT2D eigenvalue weighted by Crippen LogP contribution is 2.38. The van der Waals surface area contributed by atoms with Crippen LogP contribution >= 0.6 is 0 Å². The Morgan fingerprint density at radius 3 is 2.23 bits per heavy atom. The van der Waals surface area contributed by atoms with Crippen molar-refractivity contribution in [1.29, 1.82) is 0 Å². The topological polar surface area (TPSA) is 83.5 Å². The Hall–Kier alpha value is -3.73. The van der Waals surface area contributed by atoms with Crippen molar-refractivity contribution >= 4 is 17.7 Å². The van der Waals surface area contributed by atoms with Crippen molar-refractivity contribution in [3.8, 4) is 11.1 Å². The van der Waals surface area contributed by atoms with E-state index in [2.05, 4.69) is 5.32 Å². The van der Waals surface area contributed by atoms with Crippen LogP contribution in [-0.2, 0) is 11.2 Å². The van der Waals surface area contributed by atoms with E-state index in [-0.39, 0.29) is 24.2 Å². The lowest BCUT2D eigenvalue weighted by molar-refractivity contribution is -0.137. The van der Waals surface area contributed by atoms with Crippen molar-refractivity contribution in [2.24, 2.45) is 0 Å². The molecule has 0 spiro atoms. The van der Waals surface area contributed by atoms with Crippen LogP contribution in [0.15, 0.2) is 72.8 Å². The minimum absolute atomic E-state index is 0.0357. The maximum absolute atomic E-state index is 13.2. The summed E-state index contributed by atoms with van der Waals surface area (Å²) in [4.78, 5) is 37.0. The van der Waals surface area contributed by atoms with Gasteiger partial charge in [-0.05, 0) is 30.0 Å². The summed E-state index contributed by atoms with van der Waals surface area (Å²) in [6.07, 6.45) is 0.816. The number of amides is 1.